The van der Waals surface area contributed by atoms with Crippen LogP contribution in [-0.2, 0) is 19.6 Å². The fourth-order valence-corrected chi connectivity index (χ4v) is 4.46. The molecule has 1 N–H and O–H groups in total. The van der Waals surface area contributed by atoms with E-state index in [1.807, 2.05) is 13.8 Å². The maximum absolute atomic E-state index is 13.2. The SMILES string of the molecule is CC(C)OCCCNC(=O)CN(c1cc(Cl)cc(Cl)c1)S(=O)(=O)c1ccccc1. The van der Waals surface area contributed by atoms with E-state index < -0.39 is 22.5 Å². The first-order valence-electron chi connectivity index (χ1n) is 9.12. The number of amides is 1. The quantitative estimate of drug-likeness (QED) is 0.543. The zero-order chi connectivity index (χ0) is 21.4. The zero-order valence-electron chi connectivity index (χ0n) is 16.3. The normalized spacial score (nSPS) is 11.5. The molecule has 0 aliphatic heterocycles. The Balaban J connectivity index is 2.21. The van der Waals surface area contributed by atoms with Crippen LogP contribution in [0.5, 0.6) is 0 Å². The summed E-state index contributed by atoms with van der Waals surface area (Å²) < 4.78 is 32.8. The van der Waals surface area contributed by atoms with Crippen molar-refractivity contribution in [3.8, 4) is 0 Å². The summed E-state index contributed by atoms with van der Waals surface area (Å²) in [6.07, 6.45) is 0.739. The Labute approximate surface area is 181 Å². The minimum atomic E-state index is -4.00. The molecule has 0 bridgehead atoms. The van der Waals surface area contributed by atoms with E-state index in [9.17, 15) is 13.2 Å². The number of sulfonamides is 1. The summed E-state index contributed by atoms with van der Waals surface area (Å²) >= 11 is 12.1. The third-order valence-corrected chi connectivity index (χ3v) is 6.07. The van der Waals surface area contributed by atoms with Gasteiger partial charge in [0.05, 0.1) is 16.7 Å². The fourth-order valence-electron chi connectivity index (χ4n) is 2.52. The smallest absolute Gasteiger partial charge is 0.264 e. The minimum Gasteiger partial charge on any atom is -0.379 e. The Kier molecular flexibility index (Phi) is 8.77. The maximum atomic E-state index is 13.2. The van der Waals surface area contributed by atoms with Crippen LogP contribution < -0.4 is 9.62 Å². The number of carbonyl (C=O) groups excluding carboxylic acids is 1. The molecule has 0 spiro atoms. The summed E-state index contributed by atoms with van der Waals surface area (Å²) in [6.45, 7) is 4.34. The molecule has 2 aromatic carbocycles. The lowest BCUT2D eigenvalue weighted by molar-refractivity contribution is -0.119. The van der Waals surface area contributed by atoms with Crippen LogP contribution in [0.1, 0.15) is 20.3 Å². The Morgan fingerprint density at radius 3 is 2.31 bits per heavy atom. The molecule has 6 nitrogen and oxygen atoms in total. The van der Waals surface area contributed by atoms with Crippen LogP contribution >= 0.6 is 23.2 Å². The number of anilines is 1. The van der Waals surface area contributed by atoms with Crippen molar-refractivity contribution in [2.24, 2.45) is 0 Å². The summed E-state index contributed by atoms with van der Waals surface area (Å²) in [7, 11) is -4.00. The Bertz CT molecular complexity index is 901. The van der Waals surface area contributed by atoms with Crippen LogP contribution in [0.25, 0.3) is 0 Å². The van der Waals surface area contributed by atoms with Gasteiger partial charge in [-0.3, -0.25) is 9.10 Å². The molecule has 0 aliphatic rings. The molecule has 0 aliphatic carbocycles. The monoisotopic (exact) mass is 458 g/mol. The molecule has 0 unspecified atom stereocenters. The number of benzene rings is 2. The number of carbonyl (C=O) groups is 1. The summed E-state index contributed by atoms with van der Waals surface area (Å²) in [4.78, 5) is 12.5. The first kappa shape index (κ1) is 23.5. The van der Waals surface area contributed by atoms with E-state index in [4.69, 9.17) is 27.9 Å². The standard InChI is InChI=1S/C20H24Cl2N2O4S/c1-15(2)28-10-6-9-23-20(25)14-24(18-12-16(21)11-17(22)13-18)29(26,27)19-7-4-3-5-8-19/h3-5,7-8,11-13,15H,6,9-10,14H2,1-2H3,(H,23,25). The van der Waals surface area contributed by atoms with E-state index in [-0.39, 0.29) is 26.7 Å². The molecule has 9 heteroatoms. The van der Waals surface area contributed by atoms with Crippen molar-refractivity contribution in [3.05, 3.63) is 58.6 Å². The molecular formula is C20H24Cl2N2O4S. The van der Waals surface area contributed by atoms with Gasteiger partial charge in [0.15, 0.2) is 0 Å². The summed E-state index contributed by atoms with van der Waals surface area (Å²) in [6, 6.07) is 12.3. The summed E-state index contributed by atoms with van der Waals surface area (Å²) in [5.41, 5.74) is 0.213. The lowest BCUT2D eigenvalue weighted by atomic mass is 10.3. The van der Waals surface area contributed by atoms with Crippen molar-refractivity contribution in [1.82, 2.24) is 5.32 Å². The molecule has 0 aromatic heterocycles. The van der Waals surface area contributed by atoms with Gasteiger partial charge in [0.2, 0.25) is 5.91 Å². The van der Waals surface area contributed by atoms with Crippen molar-refractivity contribution >= 4 is 44.8 Å². The van der Waals surface area contributed by atoms with Crippen LogP contribution in [0, 0.1) is 0 Å². The number of rotatable bonds is 10. The predicted octanol–water partition coefficient (Wildman–Crippen LogP) is 4.12. The first-order chi connectivity index (χ1) is 13.7. The van der Waals surface area contributed by atoms with E-state index in [2.05, 4.69) is 5.32 Å². The van der Waals surface area contributed by atoms with Crippen molar-refractivity contribution in [2.45, 2.75) is 31.3 Å². The molecule has 0 fully saturated rings. The number of nitrogens with zero attached hydrogens (tertiary/aromatic N) is 1. The summed E-state index contributed by atoms with van der Waals surface area (Å²) in [5, 5.41) is 3.26. The molecule has 0 saturated carbocycles. The van der Waals surface area contributed by atoms with Crippen molar-refractivity contribution in [1.29, 1.82) is 0 Å². The number of ether oxygens (including phenoxy) is 1. The lowest BCUT2D eigenvalue weighted by Gasteiger charge is -2.24. The van der Waals surface area contributed by atoms with Gasteiger partial charge in [0, 0.05) is 23.2 Å². The highest BCUT2D eigenvalue weighted by molar-refractivity contribution is 7.92. The van der Waals surface area contributed by atoms with Gasteiger partial charge in [-0.1, -0.05) is 41.4 Å². The number of nitrogens with one attached hydrogen (secondary N) is 1. The second-order valence-electron chi connectivity index (χ2n) is 6.58. The Morgan fingerprint density at radius 1 is 1.10 bits per heavy atom. The first-order valence-corrected chi connectivity index (χ1v) is 11.3. The highest BCUT2D eigenvalue weighted by Gasteiger charge is 2.27. The largest absolute Gasteiger partial charge is 0.379 e. The van der Waals surface area contributed by atoms with Gasteiger partial charge in [-0.15, -0.1) is 0 Å². The predicted molar refractivity (Wildman–Crippen MR) is 116 cm³/mol. The van der Waals surface area contributed by atoms with Crippen LogP contribution in [-0.4, -0.2) is 40.1 Å². The number of hydrogen-bond donors (Lipinski definition) is 1. The van der Waals surface area contributed by atoms with E-state index in [0.717, 1.165) is 4.31 Å². The number of halogens is 2. The third kappa shape index (κ3) is 7.19. The van der Waals surface area contributed by atoms with E-state index in [1.54, 1.807) is 18.2 Å². The average Bonchev–Trinajstić information content (AvgIpc) is 2.65. The van der Waals surface area contributed by atoms with Gasteiger partial charge in [0.1, 0.15) is 6.54 Å². The zero-order valence-corrected chi connectivity index (χ0v) is 18.6. The molecule has 0 atom stereocenters. The Morgan fingerprint density at radius 2 is 1.72 bits per heavy atom. The van der Waals surface area contributed by atoms with E-state index in [1.165, 1.54) is 30.3 Å². The summed E-state index contributed by atoms with van der Waals surface area (Å²) in [5.74, 6) is -0.440. The molecular weight excluding hydrogens is 435 g/mol. The topological polar surface area (TPSA) is 75.7 Å². The highest BCUT2D eigenvalue weighted by atomic mass is 35.5. The second-order valence-corrected chi connectivity index (χ2v) is 9.31. The third-order valence-electron chi connectivity index (χ3n) is 3.85. The lowest BCUT2D eigenvalue weighted by Crippen LogP contribution is -2.41. The maximum Gasteiger partial charge on any atom is 0.264 e. The van der Waals surface area contributed by atoms with Gasteiger partial charge in [-0.05, 0) is 50.6 Å². The minimum absolute atomic E-state index is 0.0641. The van der Waals surface area contributed by atoms with Gasteiger partial charge in [-0.2, -0.15) is 0 Å². The molecule has 29 heavy (non-hydrogen) atoms. The molecule has 2 aromatic rings. The molecule has 0 heterocycles. The second kappa shape index (κ2) is 10.8. The Hall–Kier alpha value is -1.80. The molecule has 0 radical (unpaired) electrons. The van der Waals surface area contributed by atoms with Gasteiger partial charge >= 0.3 is 0 Å². The number of hydrogen-bond acceptors (Lipinski definition) is 4. The van der Waals surface area contributed by atoms with Crippen molar-refractivity contribution in [3.63, 3.8) is 0 Å². The molecule has 0 saturated heterocycles. The van der Waals surface area contributed by atoms with Crippen LogP contribution in [0.15, 0.2) is 53.4 Å². The van der Waals surface area contributed by atoms with Gasteiger partial charge in [-0.25, -0.2) is 8.42 Å². The van der Waals surface area contributed by atoms with E-state index >= 15 is 0 Å². The van der Waals surface area contributed by atoms with Crippen molar-refractivity contribution < 1.29 is 17.9 Å². The molecule has 1 amide bonds. The highest BCUT2D eigenvalue weighted by Crippen LogP contribution is 2.29. The van der Waals surface area contributed by atoms with Crippen LogP contribution in [0.4, 0.5) is 5.69 Å². The van der Waals surface area contributed by atoms with Gasteiger partial charge < -0.3 is 10.1 Å². The van der Waals surface area contributed by atoms with Gasteiger partial charge in [0.25, 0.3) is 10.0 Å². The van der Waals surface area contributed by atoms with Crippen LogP contribution in [0.3, 0.4) is 0 Å². The average molecular weight is 459 g/mol. The van der Waals surface area contributed by atoms with Crippen LogP contribution in [0.2, 0.25) is 10.0 Å². The fraction of sp³-hybridized carbons (Fsp3) is 0.350. The van der Waals surface area contributed by atoms with Crippen molar-refractivity contribution in [2.75, 3.05) is 24.0 Å². The molecule has 2 rings (SSSR count). The van der Waals surface area contributed by atoms with E-state index in [0.29, 0.717) is 19.6 Å². The molecule has 158 valence electrons.